The van der Waals surface area contributed by atoms with Gasteiger partial charge in [-0.05, 0) is 19.9 Å². The van der Waals surface area contributed by atoms with E-state index in [2.05, 4.69) is 42.3 Å². The van der Waals surface area contributed by atoms with Crippen LogP contribution in [0.4, 0.5) is 0 Å². The molecule has 108 valence electrons. The van der Waals surface area contributed by atoms with Crippen molar-refractivity contribution in [1.29, 1.82) is 0 Å². The number of aromatic nitrogens is 1. The van der Waals surface area contributed by atoms with Crippen LogP contribution < -0.4 is 5.32 Å². The monoisotopic (exact) mass is 265 g/mol. The van der Waals surface area contributed by atoms with E-state index < -0.39 is 0 Å². The third-order valence-corrected chi connectivity index (χ3v) is 3.90. The third-order valence-electron chi connectivity index (χ3n) is 3.90. The van der Waals surface area contributed by atoms with Gasteiger partial charge < -0.3 is 9.84 Å². The lowest BCUT2D eigenvalue weighted by Crippen LogP contribution is -2.32. The predicted molar refractivity (Wildman–Crippen MR) is 76.8 cm³/mol. The van der Waals surface area contributed by atoms with Crippen molar-refractivity contribution >= 4 is 0 Å². The highest BCUT2D eigenvalue weighted by atomic mass is 16.5. The van der Waals surface area contributed by atoms with E-state index in [0.29, 0.717) is 6.04 Å². The van der Waals surface area contributed by atoms with E-state index in [1.54, 1.807) is 0 Å². The van der Waals surface area contributed by atoms with E-state index in [9.17, 15) is 0 Å². The predicted octanol–water partition coefficient (Wildman–Crippen LogP) is 2.94. The summed E-state index contributed by atoms with van der Waals surface area (Å²) in [5.74, 6) is 0.980. The maximum absolute atomic E-state index is 5.43. The Labute approximate surface area is 116 Å². The van der Waals surface area contributed by atoms with Crippen LogP contribution in [0.2, 0.25) is 0 Å². The van der Waals surface area contributed by atoms with Gasteiger partial charge in [0, 0.05) is 24.7 Å². The Morgan fingerprint density at radius 1 is 1.37 bits per heavy atom. The number of hydrogen-bond donors (Lipinski definition) is 1. The average Bonchev–Trinajstić information content (AvgIpc) is 2.85. The van der Waals surface area contributed by atoms with Crippen molar-refractivity contribution in [3.05, 3.63) is 17.5 Å². The summed E-state index contributed by atoms with van der Waals surface area (Å²) in [5.41, 5.74) is 1.00. The van der Waals surface area contributed by atoms with E-state index in [1.807, 2.05) is 0 Å². The molecule has 1 aliphatic rings. The quantitative estimate of drug-likeness (QED) is 0.858. The Morgan fingerprint density at radius 3 is 2.79 bits per heavy atom. The minimum atomic E-state index is 0.477. The Balaban J connectivity index is 1.81. The first-order valence-corrected chi connectivity index (χ1v) is 7.53. The summed E-state index contributed by atoms with van der Waals surface area (Å²) in [5, 5.41) is 7.48. The SMILES string of the molecule is CC(C)NCc1cc(CN(C)C2CCCCC2)on1. The van der Waals surface area contributed by atoms with Crippen molar-refractivity contribution in [2.24, 2.45) is 0 Å². The first kappa shape index (κ1) is 14.5. The van der Waals surface area contributed by atoms with E-state index in [1.165, 1.54) is 32.1 Å². The summed E-state index contributed by atoms with van der Waals surface area (Å²) < 4.78 is 5.43. The van der Waals surface area contributed by atoms with Crippen LogP contribution in [0.5, 0.6) is 0 Å². The fraction of sp³-hybridized carbons (Fsp3) is 0.800. The lowest BCUT2D eigenvalue weighted by molar-refractivity contribution is 0.167. The topological polar surface area (TPSA) is 41.3 Å². The lowest BCUT2D eigenvalue weighted by Gasteiger charge is -2.30. The molecule has 0 amide bonds. The number of rotatable bonds is 6. The normalized spacial score (nSPS) is 17.5. The van der Waals surface area contributed by atoms with Crippen molar-refractivity contribution in [2.75, 3.05) is 7.05 Å². The van der Waals surface area contributed by atoms with Gasteiger partial charge in [-0.15, -0.1) is 0 Å². The van der Waals surface area contributed by atoms with Crippen LogP contribution in [0.3, 0.4) is 0 Å². The van der Waals surface area contributed by atoms with Crippen LogP contribution in [-0.4, -0.2) is 29.2 Å². The maximum atomic E-state index is 5.43. The molecule has 1 N–H and O–H groups in total. The molecule has 0 radical (unpaired) electrons. The summed E-state index contributed by atoms with van der Waals surface area (Å²) in [6, 6.07) is 3.27. The molecule has 0 atom stereocenters. The Kier molecular flexibility index (Phi) is 5.40. The highest BCUT2D eigenvalue weighted by Crippen LogP contribution is 2.22. The summed E-state index contributed by atoms with van der Waals surface area (Å²) in [6.07, 6.45) is 6.79. The summed E-state index contributed by atoms with van der Waals surface area (Å²) in [6.45, 7) is 5.93. The van der Waals surface area contributed by atoms with Crippen molar-refractivity contribution < 1.29 is 4.52 Å². The summed E-state index contributed by atoms with van der Waals surface area (Å²) >= 11 is 0. The molecule has 1 heterocycles. The van der Waals surface area contributed by atoms with E-state index in [4.69, 9.17) is 4.52 Å². The molecule has 0 aromatic carbocycles. The van der Waals surface area contributed by atoms with Crippen LogP contribution in [0.15, 0.2) is 10.6 Å². The van der Waals surface area contributed by atoms with Crippen LogP contribution >= 0.6 is 0 Å². The molecule has 0 aliphatic heterocycles. The van der Waals surface area contributed by atoms with Crippen molar-refractivity contribution in [3.63, 3.8) is 0 Å². The van der Waals surface area contributed by atoms with Gasteiger partial charge in [0.1, 0.15) is 0 Å². The number of nitrogens with one attached hydrogen (secondary N) is 1. The molecule has 1 aliphatic carbocycles. The van der Waals surface area contributed by atoms with Gasteiger partial charge in [0.25, 0.3) is 0 Å². The molecule has 1 aromatic rings. The molecule has 4 heteroatoms. The second-order valence-electron chi connectivity index (χ2n) is 6.03. The van der Waals surface area contributed by atoms with Crippen molar-refractivity contribution in [1.82, 2.24) is 15.4 Å². The van der Waals surface area contributed by atoms with E-state index in [0.717, 1.165) is 30.6 Å². The van der Waals surface area contributed by atoms with Gasteiger partial charge >= 0.3 is 0 Å². The molecule has 19 heavy (non-hydrogen) atoms. The fourth-order valence-electron chi connectivity index (χ4n) is 2.72. The van der Waals surface area contributed by atoms with E-state index in [-0.39, 0.29) is 0 Å². The summed E-state index contributed by atoms with van der Waals surface area (Å²) in [4.78, 5) is 2.42. The number of nitrogens with zero attached hydrogens (tertiary/aromatic N) is 2. The highest BCUT2D eigenvalue weighted by Gasteiger charge is 2.19. The molecule has 0 saturated heterocycles. The molecule has 2 rings (SSSR count). The molecule has 4 nitrogen and oxygen atoms in total. The maximum Gasteiger partial charge on any atom is 0.151 e. The molecular weight excluding hydrogens is 238 g/mol. The average molecular weight is 265 g/mol. The molecular formula is C15H27N3O. The van der Waals surface area contributed by atoms with Crippen LogP contribution in [-0.2, 0) is 13.1 Å². The standard InChI is InChI=1S/C15H27N3O/c1-12(2)16-10-13-9-15(19-17-13)11-18(3)14-7-5-4-6-8-14/h9,12,14,16H,4-8,10-11H2,1-3H3. The minimum Gasteiger partial charge on any atom is -0.360 e. The third kappa shape index (κ3) is 4.62. The van der Waals surface area contributed by atoms with Gasteiger partial charge in [0.15, 0.2) is 5.76 Å². The first-order chi connectivity index (χ1) is 9.15. The second kappa shape index (κ2) is 7.06. The molecule has 0 spiro atoms. The fourth-order valence-corrected chi connectivity index (χ4v) is 2.72. The van der Waals surface area contributed by atoms with Gasteiger partial charge in [0.05, 0.1) is 12.2 Å². The van der Waals surface area contributed by atoms with E-state index >= 15 is 0 Å². The van der Waals surface area contributed by atoms with Gasteiger partial charge in [-0.25, -0.2) is 0 Å². The second-order valence-corrected chi connectivity index (χ2v) is 6.03. The highest BCUT2D eigenvalue weighted by molar-refractivity contribution is 5.05. The van der Waals surface area contributed by atoms with Gasteiger partial charge in [-0.2, -0.15) is 0 Å². The summed E-state index contributed by atoms with van der Waals surface area (Å²) in [7, 11) is 2.20. The first-order valence-electron chi connectivity index (χ1n) is 7.53. The van der Waals surface area contributed by atoms with Crippen LogP contribution in [0.1, 0.15) is 57.4 Å². The zero-order valence-corrected chi connectivity index (χ0v) is 12.5. The molecule has 1 saturated carbocycles. The van der Waals surface area contributed by atoms with Crippen LogP contribution in [0, 0.1) is 0 Å². The van der Waals surface area contributed by atoms with Crippen LogP contribution in [0.25, 0.3) is 0 Å². The largest absolute Gasteiger partial charge is 0.360 e. The number of hydrogen-bond acceptors (Lipinski definition) is 4. The Hall–Kier alpha value is -0.870. The minimum absolute atomic E-state index is 0.477. The Morgan fingerprint density at radius 2 is 2.11 bits per heavy atom. The van der Waals surface area contributed by atoms with Crippen molar-refractivity contribution in [2.45, 2.75) is 71.1 Å². The Bertz CT molecular complexity index is 369. The molecule has 1 aromatic heterocycles. The smallest absolute Gasteiger partial charge is 0.151 e. The van der Waals surface area contributed by atoms with Gasteiger partial charge in [-0.3, -0.25) is 4.90 Å². The zero-order chi connectivity index (χ0) is 13.7. The zero-order valence-electron chi connectivity index (χ0n) is 12.5. The van der Waals surface area contributed by atoms with Crippen molar-refractivity contribution in [3.8, 4) is 0 Å². The molecule has 1 fully saturated rings. The van der Waals surface area contributed by atoms with Gasteiger partial charge in [0.2, 0.25) is 0 Å². The molecule has 0 unspecified atom stereocenters. The molecule has 0 bridgehead atoms. The van der Waals surface area contributed by atoms with Gasteiger partial charge in [-0.1, -0.05) is 38.3 Å². The lowest BCUT2D eigenvalue weighted by atomic mass is 9.94.